The molecule has 9 nitrogen and oxygen atoms in total. The fourth-order valence-electron chi connectivity index (χ4n) is 3.41. The van der Waals surface area contributed by atoms with Gasteiger partial charge in [0.2, 0.25) is 0 Å². The predicted octanol–water partition coefficient (Wildman–Crippen LogP) is 0.435. The highest BCUT2D eigenvalue weighted by molar-refractivity contribution is 5.71. The minimum absolute atomic E-state index is 0.0721. The van der Waals surface area contributed by atoms with Crippen LogP contribution >= 0.6 is 0 Å². The van der Waals surface area contributed by atoms with Crippen molar-refractivity contribution in [1.82, 2.24) is 0 Å². The summed E-state index contributed by atoms with van der Waals surface area (Å²) in [6.45, 7) is 2.06. The van der Waals surface area contributed by atoms with Gasteiger partial charge in [-0.15, -0.1) is 0 Å². The van der Waals surface area contributed by atoms with Crippen LogP contribution < -0.4 is 10.2 Å². The molecule has 0 saturated carbocycles. The summed E-state index contributed by atoms with van der Waals surface area (Å²) >= 11 is 0. The quantitative estimate of drug-likeness (QED) is 0.148. The van der Waals surface area contributed by atoms with Gasteiger partial charge in [0.05, 0.1) is 12.1 Å². The first-order chi connectivity index (χ1) is 16.8. The second-order valence-electron chi connectivity index (χ2n) is 8.38. The number of carbonyl (C=O) groups is 2. The van der Waals surface area contributed by atoms with Gasteiger partial charge < -0.3 is 44.6 Å². The average Bonchev–Trinajstić information content (AvgIpc) is 2.81. The molecule has 1 fully saturated rings. The Morgan fingerprint density at radius 2 is 1.60 bits per heavy atom. The van der Waals surface area contributed by atoms with E-state index >= 15 is 0 Å². The number of allylic oxidation sites excluding steroid dienone is 7. The van der Waals surface area contributed by atoms with Crippen molar-refractivity contribution in [3.63, 3.8) is 0 Å². The second-order valence-corrected chi connectivity index (χ2v) is 8.38. The van der Waals surface area contributed by atoms with Crippen molar-refractivity contribution < 1.29 is 44.6 Å². The molecule has 0 aromatic rings. The summed E-state index contributed by atoms with van der Waals surface area (Å²) in [6, 6.07) is 0. The van der Waals surface area contributed by atoms with E-state index in [0.29, 0.717) is 25.7 Å². The highest BCUT2D eigenvalue weighted by atomic mass is 16.7. The van der Waals surface area contributed by atoms with E-state index in [9.17, 15) is 35.1 Å². The zero-order chi connectivity index (χ0) is 26.1. The SMILES string of the molecule is CCCCCC(/C=C/C=C\C/C=C\C/C=C\CCCC(=O)[O-])O[C@@H]1O[C@H](C(=O)[O-])[C@@H](O)[C@H](O)[C@H]1O. The fraction of sp³-hybridized carbons (Fsp3) is 0.615. The summed E-state index contributed by atoms with van der Waals surface area (Å²) in [7, 11) is 0. The lowest BCUT2D eigenvalue weighted by Gasteiger charge is -2.41. The van der Waals surface area contributed by atoms with E-state index in [1.54, 1.807) is 12.2 Å². The molecule has 0 spiro atoms. The van der Waals surface area contributed by atoms with Crippen LogP contribution in [0.5, 0.6) is 0 Å². The zero-order valence-electron chi connectivity index (χ0n) is 20.2. The van der Waals surface area contributed by atoms with Gasteiger partial charge in [-0.2, -0.15) is 0 Å². The Labute approximate surface area is 207 Å². The number of aliphatic hydroxyl groups is 3. The molecule has 6 atom stereocenters. The smallest absolute Gasteiger partial charge is 0.187 e. The van der Waals surface area contributed by atoms with Crippen LogP contribution in [0.2, 0.25) is 0 Å². The molecule has 1 aliphatic heterocycles. The van der Waals surface area contributed by atoms with Crippen LogP contribution in [0.1, 0.15) is 64.7 Å². The summed E-state index contributed by atoms with van der Waals surface area (Å²) < 4.78 is 10.9. The first-order valence-corrected chi connectivity index (χ1v) is 12.2. The summed E-state index contributed by atoms with van der Waals surface area (Å²) in [4.78, 5) is 21.5. The van der Waals surface area contributed by atoms with Gasteiger partial charge in [-0.1, -0.05) is 74.8 Å². The van der Waals surface area contributed by atoms with Gasteiger partial charge in [-0.3, -0.25) is 0 Å². The molecule has 198 valence electrons. The number of aliphatic hydroxyl groups excluding tert-OH is 3. The summed E-state index contributed by atoms with van der Waals surface area (Å²) in [6.07, 6.45) is 12.7. The normalized spacial score (nSPS) is 26.3. The molecule has 0 aromatic heterocycles. The minimum atomic E-state index is -1.81. The third kappa shape index (κ3) is 12.8. The Hall–Kier alpha value is -2.30. The third-order valence-corrected chi connectivity index (χ3v) is 5.41. The Morgan fingerprint density at radius 1 is 0.914 bits per heavy atom. The molecule has 0 bridgehead atoms. The predicted molar refractivity (Wildman–Crippen MR) is 125 cm³/mol. The average molecular weight is 495 g/mol. The van der Waals surface area contributed by atoms with Gasteiger partial charge in [0.15, 0.2) is 6.29 Å². The molecule has 9 heteroatoms. The van der Waals surface area contributed by atoms with E-state index in [0.717, 1.165) is 25.7 Å². The van der Waals surface area contributed by atoms with E-state index < -0.39 is 48.7 Å². The van der Waals surface area contributed by atoms with Crippen LogP contribution in [0, 0.1) is 0 Å². The molecule has 0 aromatic carbocycles. The van der Waals surface area contributed by atoms with Crippen molar-refractivity contribution in [2.75, 3.05) is 0 Å². The van der Waals surface area contributed by atoms with Crippen molar-refractivity contribution in [3.05, 3.63) is 48.6 Å². The van der Waals surface area contributed by atoms with E-state index in [1.165, 1.54) is 0 Å². The molecule has 0 radical (unpaired) electrons. The first-order valence-electron chi connectivity index (χ1n) is 12.2. The fourth-order valence-corrected chi connectivity index (χ4v) is 3.41. The Kier molecular flexibility index (Phi) is 15.8. The molecule has 0 amide bonds. The highest BCUT2D eigenvalue weighted by Crippen LogP contribution is 2.24. The number of hydrogen-bond donors (Lipinski definition) is 3. The Balaban J connectivity index is 2.53. The van der Waals surface area contributed by atoms with Crippen molar-refractivity contribution in [2.45, 2.75) is 102 Å². The molecular weight excluding hydrogens is 456 g/mol. The van der Waals surface area contributed by atoms with Gasteiger partial charge >= 0.3 is 0 Å². The monoisotopic (exact) mass is 494 g/mol. The molecule has 1 unspecified atom stereocenters. The molecule has 35 heavy (non-hydrogen) atoms. The van der Waals surface area contributed by atoms with Crippen LogP contribution in [0.25, 0.3) is 0 Å². The standard InChI is InChI=1S/C26H40O9/c1-2-3-13-16-19(34-26-23(31)21(29)22(30)24(35-26)25(32)33)17-14-11-9-7-5-4-6-8-10-12-15-18-20(27)28/h4-5,8-11,14,17,19,21-24,26,29-31H,2-3,6-7,12-13,15-16,18H2,1H3,(H,27,28)(H,32,33)/p-2/b5-4-,10-8-,11-9-,17-14+/t19?,21-,22-,23+,24-,26+/m0/s1. The number of aliphatic carboxylic acids is 2. The summed E-state index contributed by atoms with van der Waals surface area (Å²) in [5, 5.41) is 51.4. The number of unbranched alkanes of at least 4 members (excludes halogenated alkanes) is 3. The van der Waals surface area contributed by atoms with Crippen LogP contribution in [0.3, 0.4) is 0 Å². The van der Waals surface area contributed by atoms with E-state index in [1.807, 2.05) is 36.5 Å². The molecule has 1 heterocycles. The van der Waals surface area contributed by atoms with Crippen molar-refractivity contribution in [3.8, 4) is 0 Å². The van der Waals surface area contributed by atoms with Crippen LogP contribution in [-0.2, 0) is 19.1 Å². The Morgan fingerprint density at radius 3 is 2.26 bits per heavy atom. The van der Waals surface area contributed by atoms with E-state index in [4.69, 9.17) is 9.47 Å². The topological polar surface area (TPSA) is 159 Å². The lowest BCUT2D eigenvalue weighted by molar-refractivity contribution is -0.351. The van der Waals surface area contributed by atoms with Gasteiger partial charge in [0.25, 0.3) is 0 Å². The molecular formula is C26H38O9-2. The first kappa shape index (κ1) is 30.7. The number of carboxylic acid groups (broad SMARTS) is 2. The van der Waals surface area contributed by atoms with Crippen LogP contribution in [-0.4, -0.2) is 64.1 Å². The maximum Gasteiger partial charge on any atom is 0.187 e. The molecule has 1 aliphatic rings. The number of carbonyl (C=O) groups excluding carboxylic acids is 2. The van der Waals surface area contributed by atoms with Crippen molar-refractivity contribution in [2.24, 2.45) is 0 Å². The van der Waals surface area contributed by atoms with E-state index in [2.05, 4.69) is 6.92 Å². The second kappa shape index (κ2) is 18.0. The van der Waals surface area contributed by atoms with Crippen molar-refractivity contribution >= 4 is 11.9 Å². The van der Waals surface area contributed by atoms with Gasteiger partial charge in [-0.05, 0) is 38.5 Å². The number of carboxylic acids is 2. The number of hydrogen-bond acceptors (Lipinski definition) is 9. The van der Waals surface area contributed by atoms with Gasteiger partial charge in [-0.25, -0.2) is 0 Å². The highest BCUT2D eigenvalue weighted by Gasteiger charge is 2.45. The largest absolute Gasteiger partial charge is 0.550 e. The lowest BCUT2D eigenvalue weighted by atomic mass is 9.99. The van der Waals surface area contributed by atoms with Gasteiger partial charge in [0, 0.05) is 5.97 Å². The lowest BCUT2D eigenvalue weighted by Crippen LogP contribution is -2.63. The Bertz CT molecular complexity index is 728. The van der Waals surface area contributed by atoms with E-state index in [-0.39, 0.29) is 6.42 Å². The minimum Gasteiger partial charge on any atom is -0.550 e. The van der Waals surface area contributed by atoms with Crippen LogP contribution in [0.4, 0.5) is 0 Å². The molecule has 3 N–H and O–H groups in total. The molecule has 1 rings (SSSR count). The third-order valence-electron chi connectivity index (χ3n) is 5.41. The maximum absolute atomic E-state index is 11.2. The summed E-state index contributed by atoms with van der Waals surface area (Å²) in [5.74, 6) is -2.72. The van der Waals surface area contributed by atoms with Crippen molar-refractivity contribution in [1.29, 1.82) is 0 Å². The molecule has 1 saturated heterocycles. The number of ether oxygens (including phenoxy) is 2. The maximum atomic E-state index is 11.2. The summed E-state index contributed by atoms with van der Waals surface area (Å²) in [5.41, 5.74) is 0. The van der Waals surface area contributed by atoms with Crippen LogP contribution in [0.15, 0.2) is 48.6 Å². The zero-order valence-corrected chi connectivity index (χ0v) is 20.2. The number of rotatable bonds is 17. The van der Waals surface area contributed by atoms with Gasteiger partial charge in [0.1, 0.15) is 24.4 Å². The molecule has 0 aliphatic carbocycles.